The third-order valence-electron chi connectivity index (χ3n) is 6.40. The summed E-state index contributed by atoms with van der Waals surface area (Å²) in [6.07, 6.45) is 0.230. The smallest absolute Gasteiger partial charge is 0.311 e. The highest BCUT2D eigenvalue weighted by Crippen LogP contribution is 2.41. The molecule has 11 heteroatoms. The molecule has 4 rings (SSSR count). The van der Waals surface area contributed by atoms with Crippen molar-refractivity contribution in [3.8, 4) is 11.5 Å². The average molecular weight is 566 g/mol. The summed E-state index contributed by atoms with van der Waals surface area (Å²) in [5.74, 6) is -2.54. The van der Waals surface area contributed by atoms with Crippen LogP contribution in [0.4, 0.5) is 14.5 Å². The van der Waals surface area contributed by atoms with Gasteiger partial charge in [0.1, 0.15) is 18.2 Å². The number of carbonyl (C=O) groups is 1. The average Bonchev–Trinajstić information content (AvgIpc) is 2.88. The monoisotopic (exact) mass is 565 g/mol. The van der Waals surface area contributed by atoms with Gasteiger partial charge in [0.25, 0.3) is 10.0 Å². The molecule has 0 unspecified atom stereocenters. The van der Waals surface area contributed by atoms with Crippen LogP contribution in [0.5, 0.6) is 11.5 Å². The van der Waals surface area contributed by atoms with Crippen LogP contribution in [0.1, 0.15) is 25.0 Å². The molecule has 1 aliphatic heterocycles. The minimum Gasteiger partial charge on any atom is -0.494 e. The third-order valence-corrected chi connectivity index (χ3v) is 8.65. The highest BCUT2D eigenvalue weighted by molar-refractivity contribution is 7.92. The van der Waals surface area contributed by atoms with Crippen molar-refractivity contribution in [1.82, 2.24) is 0 Å². The second kappa shape index (κ2) is 11.2. The van der Waals surface area contributed by atoms with Crippen molar-refractivity contribution in [1.29, 1.82) is 0 Å². The van der Waals surface area contributed by atoms with E-state index in [0.29, 0.717) is 5.56 Å². The molecule has 0 radical (unpaired) electrons. The highest BCUT2D eigenvalue weighted by atomic mass is 35.5. The van der Waals surface area contributed by atoms with Crippen molar-refractivity contribution in [2.45, 2.75) is 37.8 Å². The number of hydrogen-bond donors (Lipinski definition) is 0. The van der Waals surface area contributed by atoms with Gasteiger partial charge in [0, 0.05) is 17.7 Å². The highest BCUT2D eigenvalue weighted by Gasteiger charge is 2.43. The zero-order valence-electron chi connectivity index (χ0n) is 20.9. The van der Waals surface area contributed by atoms with Crippen molar-refractivity contribution in [2.75, 3.05) is 18.0 Å². The van der Waals surface area contributed by atoms with Gasteiger partial charge in [-0.2, -0.15) is 0 Å². The molecule has 0 saturated heterocycles. The lowest BCUT2D eigenvalue weighted by Gasteiger charge is -2.40. The van der Waals surface area contributed by atoms with Crippen LogP contribution in [0.25, 0.3) is 0 Å². The molecule has 0 saturated carbocycles. The van der Waals surface area contributed by atoms with E-state index >= 15 is 0 Å². The first-order valence-corrected chi connectivity index (χ1v) is 13.6. The molecule has 0 aliphatic carbocycles. The van der Waals surface area contributed by atoms with Gasteiger partial charge < -0.3 is 14.2 Å². The van der Waals surface area contributed by atoms with Gasteiger partial charge in [0.15, 0.2) is 11.6 Å². The first-order valence-electron chi connectivity index (χ1n) is 11.8. The zero-order valence-corrected chi connectivity index (χ0v) is 22.5. The Bertz CT molecular complexity index is 1450. The number of nitrogens with zero attached hydrogens (tertiary/aromatic N) is 1. The standard InChI is InChI=1S/C27H26ClF2NO6S/c1-4-36-27(32)20-12-17-8-9-18(37-15-21-22(28)6-5-7-23(21)29)13-25(17)31(16(20)2)38(33,34)19-10-11-24(30)26(14-19)35-3/h5-11,13-14,16,20H,4,12,15H2,1-3H3/t16-,20-/m1/s1. The molecule has 0 amide bonds. The summed E-state index contributed by atoms with van der Waals surface area (Å²) in [5.41, 5.74) is 0.999. The van der Waals surface area contributed by atoms with Gasteiger partial charge in [0.2, 0.25) is 0 Å². The Morgan fingerprint density at radius 1 is 1.11 bits per heavy atom. The fourth-order valence-corrected chi connectivity index (χ4v) is 6.37. The third kappa shape index (κ3) is 5.28. The Morgan fingerprint density at radius 3 is 2.55 bits per heavy atom. The molecule has 0 aromatic heterocycles. The molecule has 7 nitrogen and oxygen atoms in total. The maximum Gasteiger partial charge on any atom is 0.311 e. The Morgan fingerprint density at radius 2 is 1.87 bits per heavy atom. The number of benzene rings is 3. The number of esters is 1. The molecule has 3 aromatic rings. The van der Waals surface area contributed by atoms with E-state index < -0.39 is 39.6 Å². The van der Waals surface area contributed by atoms with Crippen LogP contribution in [-0.2, 0) is 32.6 Å². The van der Waals surface area contributed by atoms with Crippen LogP contribution in [0.2, 0.25) is 5.02 Å². The number of sulfonamides is 1. The predicted molar refractivity (Wildman–Crippen MR) is 138 cm³/mol. The Balaban J connectivity index is 1.78. The van der Waals surface area contributed by atoms with Crippen LogP contribution in [0, 0.1) is 17.6 Å². The largest absolute Gasteiger partial charge is 0.494 e. The molecular weight excluding hydrogens is 540 g/mol. The quantitative estimate of drug-likeness (QED) is 0.334. The Labute approximate surface area is 224 Å². The van der Waals surface area contributed by atoms with Crippen molar-refractivity contribution in [3.05, 3.63) is 82.4 Å². The molecule has 2 atom stereocenters. The summed E-state index contributed by atoms with van der Waals surface area (Å²) in [5, 5.41) is 0.198. The maximum atomic E-state index is 14.2. The van der Waals surface area contributed by atoms with E-state index in [-0.39, 0.29) is 52.3 Å². The van der Waals surface area contributed by atoms with E-state index in [9.17, 15) is 22.0 Å². The van der Waals surface area contributed by atoms with Crippen LogP contribution < -0.4 is 13.8 Å². The van der Waals surface area contributed by atoms with Crippen LogP contribution in [-0.4, -0.2) is 34.1 Å². The summed E-state index contributed by atoms with van der Waals surface area (Å²) < 4.78 is 73.2. The predicted octanol–water partition coefficient (Wildman–Crippen LogP) is 5.53. The number of fused-ring (bicyclic) bond motifs is 1. The molecule has 0 fully saturated rings. The van der Waals surface area contributed by atoms with Crippen molar-refractivity contribution in [2.24, 2.45) is 5.92 Å². The van der Waals surface area contributed by atoms with Crippen molar-refractivity contribution < 1.29 is 36.2 Å². The first kappa shape index (κ1) is 27.7. The first-order chi connectivity index (χ1) is 18.1. The molecule has 0 spiro atoms. The number of methoxy groups -OCH3 is 1. The molecule has 1 heterocycles. The van der Waals surface area contributed by atoms with Gasteiger partial charge in [-0.3, -0.25) is 9.10 Å². The molecule has 0 N–H and O–H groups in total. The number of carbonyl (C=O) groups excluding carboxylic acids is 1. The lowest BCUT2D eigenvalue weighted by atomic mass is 9.88. The van der Waals surface area contributed by atoms with E-state index in [1.807, 2.05) is 0 Å². The number of halogens is 3. The zero-order chi connectivity index (χ0) is 27.6. The van der Waals surface area contributed by atoms with Gasteiger partial charge in [-0.1, -0.05) is 23.7 Å². The van der Waals surface area contributed by atoms with Gasteiger partial charge in [-0.05, 0) is 56.2 Å². The summed E-state index contributed by atoms with van der Waals surface area (Å²) >= 11 is 6.10. The topological polar surface area (TPSA) is 82.1 Å². The van der Waals surface area contributed by atoms with Gasteiger partial charge in [-0.15, -0.1) is 0 Å². The van der Waals surface area contributed by atoms with Crippen LogP contribution in [0.15, 0.2) is 59.5 Å². The maximum absolute atomic E-state index is 14.2. The molecule has 0 bridgehead atoms. The molecule has 202 valence electrons. The minimum absolute atomic E-state index is 0.141. The summed E-state index contributed by atoms with van der Waals surface area (Å²) in [7, 11) is -3.08. The molecule has 1 aliphatic rings. The minimum atomic E-state index is -4.31. The van der Waals surface area contributed by atoms with Gasteiger partial charge in [-0.25, -0.2) is 17.2 Å². The van der Waals surface area contributed by atoms with E-state index in [2.05, 4.69) is 0 Å². The summed E-state index contributed by atoms with van der Waals surface area (Å²) in [4.78, 5) is 12.6. The van der Waals surface area contributed by atoms with Gasteiger partial charge in [0.05, 0.1) is 41.3 Å². The molecule has 38 heavy (non-hydrogen) atoms. The van der Waals surface area contributed by atoms with Crippen LogP contribution in [0.3, 0.4) is 0 Å². The Hall–Kier alpha value is -3.37. The molecular formula is C27H26ClF2NO6S. The SMILES string of the molecule is CCOC(=O)[C@@H]1Cc2ccc(OCc3c(F)cccc3Cl)cc2N(S(=O)(=O)c2ccc(F)c(OC)c2)[C@@H]1C. The lowest BCUT2D eigenvalue weighted by Crippen LogP contribution is -2.49. The number of anilines is 1. The molecule has 3 aromatic carbocycles. The number of ether oxygens (including phenoxy) is 3. The summed E-state index contributed by atoms with van der Waals surface area (Å²) in [6.45, 7) is 3.23. The van der Waals surface area contributed by atoms with E-state index in [1.165, 1.54) is 25.3 Å². The van der Waals surface area contributed by atoms with E-state index in [4.69, 9.17) is 25.8 Å². The fraction of sp³-hybridized carbons (Fsp3) is 0.296. The van der Waals surface area contributed by atoms with Crippen LogP contribution >= 0.6 is 11.6 Å². The second-order valence-electron chi connectivity index (χ2n) is 8.68. The van der Waals surface area contributed by atoms with Gasteiger partial charge >= 0.3 is 5.97 Å². The number of rotatable bonds is 8. The second-order valence-corrected chi connectivity index (χ2v) is 10.9. The lowest BCUT2D eigenvalue weighted by molar-refractivity contribution is -0.148. The Kier molecular flexibility index (Phi) is 8.13. The van der Waals surface area contributed by atoms with E-state index in [0.717, 1.165) is 22.5 Å². The normalized spacial score (nSPS) is 17.1. The van der Waals surface area contributed by atoms with Crippen molar-refractivity contribution in [3.63, 3.8) is 0 Å². The number of hydrogen-bond acceptors (Lipinski definition) is 6. The van der Waals surface area contributed by atoms with Crippen molar-refractivity contribution >= 4 is 33.3 Å². The van der Waals surface area contributed by atoms with E-state index in [1.54, 1.807) is 32.0 Å². The fourth-order valence-electron chi connectivity index (χ4n) is 4.42. The summed E-state index contributed by atoms with van der Waals surface area (Å²) in [6, 6.07) is 11.4.